The second kappa shape index (κ2) is 2.19. The lowest BCUT2D eigenvalue weighted by Crippen LogP contribution is -2.05. The fourth-order valence-corrected chi connectivity index (χ4v) is 1.42. The molecule has 2 rings (SSSR count). The number of hydrogen-bond acceptors (Lipinski definition) is 2. The maximum absolute atomic E-state index is 9.66. The molecule has 1 saturated carbocycles. The second-order valence-corrected chi connectivity index (χ2v) is 3.23. The summed E-state index contributed by atoms with van der Waals surface area (Å²) in [5, 5.41) is 10.1. The van der Waals surface area contributed by atoms with Crippen molar-refractivity contribution in [3.05, 3.63) is 29.0 Å². The molecule has 1 aromatic heterocycles. The number of aliphatic hydroxyl groups is 1. The molecule has 1 heterocycles. The van der Waals surface area contributed by atoms with Crippen molar-refractivity contribution in [2.75, 3.05) is 0 Å². The van der Waals surface area contributed by atoms with Crippen LogP contribution in [-0.4, -0.2) is 10.1 Å². The van der Waals surface area contributed by atoms with Gasteiger partial charge in [-0.05, 0) is 18.9 Å². The fraction of sp³-hybridized carbons (Fsp3) is 0.375. The van der Waals surface area contributed by atoms with Crippen molar-refractivity contribution in [2.24, 2.45) is 0 Å². The highest BCUT2D eigenvalue weighted by molar-refractivity contribution is 6.30. The molecule has 0 atom stereocenters. The second-order valence-electron chi connectivity index (χ2n) is 2.87. The summed E-state index contributed by atoms with van der Waals surface area (Å²) in [6, 6.07) is 3.61. The van der Waals surface area contributed by atoms with E-state index in [0.29, 0.717) is 5.15 Å². The molecule has 0 spiro atoms. The van der Waals surface area contributed by atoms with E-state index in [1.165, 1.54) is 0 Å². The average Bonchev–Trinajstić information content (AvgIpc) is 2.70. The first-order valence-corrected chi connectivity index (χ1v) is 3.93. The van der Waals surface area contributed by atoms with E-state index in [0.717, 1.165) is 18.4 Å². The quantitative estimate of drug-likeness (QED) is 0.650. The highest BCUT2D eigenvalue weighted by Crippen LogP contribution is 2.46. The van der Waals surface area contributed by atoms with E-state index >= 15 is 0 Å². The zero-order valence-electron chi connectivity index (χ0n) is 5.92. The van der Waals surface area contributed by atoms with Gasteiger partial charge >= 0.3 is 0 Å². The minimum absolute atomic E-state index is 0.424. The molecule has 58 valence electrons. The van der Waals surface area contributed by atoms with Crippen LogP contribution in [0.15, 0.2) is 18.3 Å². The molecule has 1 aliphatic rings. The monoisotopic (exact) mass is 169 g/mol. The Bertz CT molecular complexity index is 283. The van der Waals surface area contributed by atoms with E-state index in [4.69, 9.17) is 11.6 Å². The first-order chi connectivity index (χ1) is 5.22. The summed E-state index contributed by atoms with van der Waals surface area (Å²) in [7, 11) is 0. The zero-order valence-corrected chi connectivity index (χ0v) is 6.67. The molecule has 0 amide bonds. The Hall–Kier alpha value is -0.600. The van der Waals surface area contributed by atoms with Crippen molar-refractivity contribution in [1.29, 1.82) is 0 Å². The Balaban J connectivity index is 2.45. The molecule has 2 nitrogen and oxygen atoms in total. The van der Waals surface area contributed by atoms with Gasteiger partial charge in [0, 0.05) is 11.8 Å². The van der Waals surface area contributed by atoms with Crippen LogP contribution in [0.1, 0.15) is 18.4 Å². The molecule has 0 aliphatic heterocycles. The first-order valence-electron chi connectivity index (χ1n) is 3.56. The van der Waals surface area contributed by atoms with Crippen LogP contribution < -0.4 is 0 Å². The molecular formula is C8H8ClNO. The SMILES string of the molecule is OC1(c2cccnc2Cl)CC1. The van der Waals surface area contributed by atoms with Crippen molar-refractivity contribution in [1.82, 2.24) is 4.98 Å². The normalized spacial score (nSPS) is 19.8. The van der Waals surface area contributed by atoms with Crippen LogP contribution in [-0.2, 0) is 5.60 Å². The fourth-order valence-electron chi connectivity index (χ4n) is 1.12. The van der Waals surface area contributed by atoms with Crippen LogP contribution >= 0.6 is 11.6 Å². The smallest absolute Gasteiger partial charge is 0.135 e. The Kier molecular flexibility index (Phi) is 1.41. The van der Waals surface area contributed by atoms with Gasteiger partial charge in [-0.1, -0.05) is 17.7 Å². The zero-order chi connectivity index (χ0) is 7.90. The van der Waals surface area contributed by atoms with Crippen molar-refractivity contribution in [2.45, 2.75) is 18.4 Å². The van der Waals surface area contributed by atoms with E-state index in [9.17, 15) is 5.11 Å². The third-order valence-corrected chi connectivity index (χ3v) is 2.29. The van der Waals surface area contributed by atoms with Crippen LogP contribution in [0.3, 0.4) is 0 Å². The van der Waals surface area contributed by atoms with Gasteiger partial charge in [0.2, 0.25) is 0 Å². The van der Waals surface area contributed by atoms with Crippen molar-refractivity contribution >= 4 is 11.6 Å². The number of hydrogen-bond donors (Lipinski definition) is 1. The van der Waals surface area contributed by atoms with Gasteiger partial charge in [0.25, 0.3) is 0 Å². The molecule has 0 unspecified atom stereocenters. The van der Waals surface area contributed by atoms with E-state index < -0.39 is 5.60 Å². The number of nitrogens with zero attached hydrogens (tertiary/aromatic N) is 1. The third kappa shape index (κ3) is 1.12. The number of halogens is 1. The Labute approximate surface area is 69.8 Å². The summed E-state index contributed by atoms with van der Waals surface area (Å²) in [5.41, 5.74) is 0.104. The largest absolute Gasteiger partial charge is 0.385 e. The van der Waals surface area contributed by atoms with Gasteiger partial charge < -0.3 is 5.11 Å². The Morgan fingerprint density at radius 2 is 2.27 bits per heavy atom. The minimum Gasteiger partial charge on any atom is -0.385 e. The molecule has 11 heavy (non-hydrogen) atoms. The van der Waals surface area contributed by atoms with Crippen LogP contribution in [0, 0.1) is 0 Å². The summed E-state index contributed by atoms with van der Waals surface area (Å²) in [6.45, 7) is 0. The highest BCUT2D eigenvalue weighted by Gasteiger charge is 2.43. The lowest BCUT2D eigenvalue weighted by atomic mass is 10.1. The van der Waals surface area contributed by atoms with Gasteiger partial charge in [-0.25, -0.2) is 4.98 Å². The molecule has 1 N–H and O–H groups in total. The summed E-state index contributed by atoms with van der Waals surface area (Å²) in [6.07, 6.45) is 3.23. The number of rotatable bonds is 1. The topological polar surface area (TPSA) is 33.1 Å². The highest BCUT2D eigenvalue weighted by atomic mass is 35.5. The van der Waals surface area contributed by atoms with E-state index in [2.05, 4.69) is 4.98 Å². The standard InChI is InChI=1S/C8H8ClNO/c9-7-6(2-1-5-10-7)8(11)3-4-8/h1-2,5,11H,3-4H2. The number of pyridine rings is 1. The molecule has 1 aliphatic carbocycles. The van der Waals surface area contributed by atoms with Gasteiger partial charge in [-0.3, -0.25) is 0 Å². The molecule has 0 aromatic carbocycles. The predicted molar refractivity (Wildman–Crippen MR) is 42.4 cm³/mol. The van der Waals surface area contributed by atoms with Gasteiger partial charge in [0.1, 0.15) is 5.15 Å². The van der Waals surface area contributed by atoms with Crippen LogP contribution in [0.5, 0.6) is 0 Å². The van der Waals surface area contributed by atoms with Gasteiger partial charge in [0.05, 0.1) is 5.60 Å². The van der Waals surface area contributed by atoms with Crippen LogP contribution in [0.2, 0.25) is 5.15 Å². The van der Waals surface area contributed by atoms with E-state index in [1.807, 2.05) is 6.07 Å². The lowest BCUT2D eigenvalue weighted by molar-refractivity contribution is 0.151. The molecule has 3 heteroatoms. The summed E-state index contributed by atoms with van der Waals surface area (Å²) in [5.74, 6) is 0. The molecule has 0 radical (unpaired) electrons. The first kappa shape index (κ1) is 7.07. The van der Waals surface area contributed by atoms with Crippen molar-refractivity contribution in [3.8, 4) is 0 Å². The van der Waals surface area contributed by atoms with E-state index in [1.54, 1.807) is 12.3 Å². The average molecular weight is 170 g/mol. The lowest BCUT2D eigenvalue weighted by Gasteiger charge is -2.07. The molecule has 1 aromatic rings. The number of aromatic nitrogens is 1. The minimum atomic E-state index is -0.661. The van der Waals surface area contributed by atoms with Gasteiger partial charge in [-0.2, -0.15) is 0 Å². The summed E-state index contributed by atoms with van der Waals surface area (Å²) >= 11 is 5.78. The Morgan fingerprint density at radius 3 is 2.82 bits per heavy atom. The van der Waals surface area contributed by atoms with Gasteiger partial charge in [-0.15, -0.1) is 0 Å². The Morgan fingerprint density at radius 1 is 1.55 bits per heavy atom. The van der Waals surface area contributed by atoms with Crippen molar-refractivity contribution in [3.63, 3.8) is 0 Å². The third-order valence-electron chi connectivity index (χ3n) is 1.98. The predicted octanol–water partition coefficient (Wildman–Crippen LogP) is 1.72. The summed E-state index contributed by atoms with van der Waals surface area (Å²) in [4.78, 5) is 3.89. The molecular weight excluding hydrogens is 162 g/mol. The van der Waals surface area contributed by atoms with Crippen molar-refractivity contribution < 1.29 is 5.11 Å². The maximum Gasteiger partial charge on any atom is 0.135 e. The molecule has 1 fully saturated rings. The molecule has 0 bridgehead atoms. The summed E-state index contributed by atoms with van der Waals surface area (Å²) < 4.78 is 0. The van der Waals surface area contributed by atoms with Crippen LogP contribution in [0.25, 0.3) is 0 Å². The maximum atomic E-state index is 9.66. The van der Waals surface area contributed by atoms with Crippen LogP contribution in [0.4, 0.5) is 0 Å². The van der Waals surface area contributed by atoms with Gasteiger partial charge in [0.15, 0.2) is 0 Å². The molecule has 0 saturated heterocycles. The van der Waals surface area contributed by atoms with E-state index in [-0.39, 0.29) is 0 Å².